The van der Waals surface area contributed by atoms with Gasteiger partial charge in [0, 0.05) is 16.3 Å². The molecule has 0 bridgehead atoms. The van der Waals surface area contributed by atoms with E-state index in [0.29, 0.717) is 5.69 Å². The lowest BCUT2D eigenvalue weighted by atomic mass is 10.2. The van der Waals surface area contributed by atoms with Crippen LogP contribution in [-0.2, 0) is 5.75 Å². The van der Waals surface area contributed by atoms with Crippen LogP contribution in [0.2, 0.25) is 0 Å². The first-order valence-electron chi connectivity index (χ1n) is 5.60. The van der Waals surface area contributed by atoms with Crippen LogP contribution in [-0.4, -0.2) is 7.11 Å². The van der Waals surface area contributed by atoms with Gasteiger partial charge in [0.25, 0.3) is 0 Å². The molecule has 0 saturated heterocycles. The molecule has 0 unspecified atom stereocenters. The number of nitrogens with two attached hydrogens (primary N) is 1. The van der Waals surface area contributed by atoms with E-state index in [-0.39, 0.29) is 5.82 Å². The first kappa shape index (κ1) is 14.2. The molecule has 0 spiro atoms. The van der Waals surface area contributed by atoms with Crippen LogP contribution in [0.4, 0.5) is 10.1 Å². The van der Waals surface area contributed by atoms with Crippen molar-refractivity contribution >= 4 is 33.4 Å². The molecule has 2 aromatic carbocycles. The zero-order valence-electron chi connectivity index (χ0n) is 10.3. The maximum Gasteiger partial charge on any atom is 0.133 e. The van der Waals surface area contributed by atoms with Crippen molar-refractivity contribution in [2.45, 2.75) is 10.6 Å². The average Bonchev–Trinajstić information content (AvgIpc) is 2.38. The number of ether oxygens (including phenoxy) is 1. The third-order valence-electron chi connectivity index (χ3n) is 2.58. The van der Waals surface area contributed by atoms with E-state index in [1.807, 2.05) is 18.2 Å². The lowest BCUT2D eigenvalue weighted by Gasteiger charge is -2.08. The molecule has 2 aromatic rings. The Morgan fingerprint density at radius 2 is 2.05 bits per heavy atom. The number of hydrogen-bond acceptors (Lipinski definition) is 3. The first-order valence-corrected chi connectivity index (χ1v) is 7.38. The molecule has 2 N–H and O–H groups in total. The van der Waals surface area contributed by atoms with E-state index >= 15 is 0 Å². The summed E-state index contributed by atoms with van der Waals surface area (Å²) >= 11 is 5.03. The Bertz CT molecular complexity index is 592. The van der Waals surface area contributed by atoms with Crippen LogP contribution in [0.15, 0.2) is 45.8 Å². The second-order valence-electron chi connectivity index (χ2n) is 3.94. The van der Waals surface area contributed by atoms with Crippen LogP contribution < -0.4 is 10.5 Å². The van der Waals surface area contributed by atoms with Crippen LogP contribution in [0.5, 0.6) is 5.75 Å². The Hall–Kier alpha value is -1.20. The van der Waals surface area contributed by atoms with E-state index in [4.69, 9.17) is 10.5 Å². The first-order chi connectivity index (χ1) is 9.10. The van der Waals surface area contributed by atoms with Crippen LogP contribution in [0.25, 0.3) is 0 Å². The Kier molecular flexibility index (Phi) is 4.71. The highest BCUT2D eigenvalue weighted by Crippen LogP contribution is 2.31. The molecule has 0 aliphatic carbocycles. The molecule has 2 nitrogen and oxygen atoms in total. The SMILES string of the molecule is COc1ccc(CSc2ccc(F)cc2N)cc1Br. The molecule has 0 atom stereocenters. The van der Waals surface area contributed by atoms with Crippen molar-refractivity contribution in [1.82, 2.24) is 0 Å². The molecule has 2 rings (SSSR count). The largest absolute Gasteiger partial charge is 0.496 e. The Morgan fingerprint density at radius 3 is 2.68 bits per heavy atom. The van der Waals surface area contributed by atoms with E-state index in [2.05, 4.69) is 15.9 Å². The summed E-state index contributed by atoms with van der Waals surface area (Å²) in [7, 11) is 1.63. The maximum absolute atomic E-state index is 12.9. The summed E-state index contributed by atoms with van der Waals surface area (Å²) in [5.74, 6) is 1.25. The van der Waals surface area contributed by atoms with Crippen molar-refractivity contribution in [1.29, 1.82) is 0 Å². The minimum absolute atomic E-state index is 0.311. The number of thioether (sulfide) groups is 1. The second-order valence-corrected chi connectivity index (χ2v) is 5.81. The van der Waals surface area contributed by atoms with Crippen LogP contribution in [0, 0.1) is 5.82 Å². The van der Waals surface area contributed by atoms with E-state index in [9.17, 15) is 4.39 Å². The summed E-state index contributed by atoms with van der Waals surface area (Å²) in [6.07, 6.45) is 0. The van der Waals surface area contributed by atoms with Crippen LogP contribution >= 0.6 is 27.7 Å². The highest BCUT2D eigenvalue weighted by Gasteiger charge is 2.05. The lowest BCUT2D eigenvalue weighted by molar-refractivity contribution is 0.412. The zero-order valence-corrected chi connectivity index (χ0v) is 12.7. The molecule has 19 heavy (non-hydrogen) atoms. The van der Waals surface area contributed by atoms with Gasteiger partial charge in [-0.05, 0) is 51.8 Å². The van der Waals surface area contributed by atoms with Crippen molar-refractivity contribution < 1.29 is 9.13 Å². The molecule has 0 fully saturated rings. The van der Waals surface area contributed by atoms with Crippen molar-refractivity contribution in [3.05, 3.63) is 52.3 Å². The number of hydrogen-bond donors (Lipinski definition) is 1. The van der Waals surface area contributed by atoms with Crippen molar-refractivity contribution in [3.63, 3.8) is 0 Å². The van der Waals surface area contributed by atoms with Crippen molar-refractivity contribution in [3.8, 4) is 5.75 Å². The summed E-state index contributed by atoms with van der Waals surface area (Å²) in [5.41, 5.74) is 7.38. The van der Waals surface area contributed by atoms with Gasteiger partial charge in [0.2, 0.25) is 0 Å². The van der Waals surface area contributed by atoms with Crippen molar-refractivity contribution in [2.75, 3.05) is 12.8 Å². The number of benzene rings is 2. The van der Waals surface area contributed by atoms with E-state index in [1.165, 1.54) is 12.1 Å². The third-order valence-corrected chi connectivity index (χ3v) is 4.36. The molecule has 0 heterocycles. The predicted molar refractivity (Wildman–Crippen MR) is 81.1 cm³/mol. The van der Waals surface area contributed by atoms with Gasteiger partial charge in [0.05, 0.1) is 11.6 Å². The number of rotatable bonds is 4. The fourth-order valence-corrected chi connectivity index (χ4v) is 3.09. The van der Waals surface area contributed by atoms with Gasteiger partial charge < -0.3 is 10.5 Å². The molecule has 0 aromatic heterocycles. The molecule has 0 aliphatic heterocycles. The Balaban J connectivity index is 2.08. The van der Waals surface area contributed by atoms with Gasteiger partial charge in [-0.1, -0.05) is 6.07 Å². The van der Waals surface area contributed by atoms with Crippen LogP contribution in [0.1, 0.15) is 5.56 Å². The smallest absolute Gasteiger partial charge is 0.133 e. The Labute approximate surface area is 124 Å². The summed E-state index contributed by atoms with van der Waals surface area (Å²) in [6.45, 7) is 0. The second kappa shape index (κ2) is 6.30. The van der Waals surface area contributed by atoms with Crippen LogP contribution in [0.3, 0.4) is 0 Å². The molecule has 100 valence electrons. The number of nitrogen functional groups attached to an aromatic ring is 1. The number of methoxy groups -OCH3 is 1. The van der Waals surface area contributed by atoms with Gasteiger partial charge in [-0.15, -0.1) is 11.8 Å². The Morgan fingerprint density at radius 1 is 1.26 bits per heavy atom. The van der Waals surface area contributed by atoms with E-state index in [1.54, 1.807) is 24.9 Å². The summed E-state index contributed by atoms with van der Waals surface area (Å²) in [6, 6.07) is 10.4. The molecule has 0 radical (unpaired) electrons. The minimum atomic E-state index is -0.311. The monoisotopic (exact) mass is 341 g/mol. The van der Waals surface area contributed by atoms with Gasteiger partial charge in [0.1, 0.15) is 11.6 Å². The van der Waals surface area contributed by atoms with E-state index < -0.39 is 0 Å². The van der Waals surface area contributed by atoms with Gasteiger partial charge in [-0.3, -0.25) is 0 Å². The highest BCUT2D eigenvalue weighted by atomic mass is 79.9. The van der Waals surface area contributed by atoms with Crippen molar-refractivity contribution in [2.24, 2.45) is 0 Å². The zero-order chi connectivity index (χ0) is 13.8. The topological polar surface area (TPSA) is 35.2 Å². The number of anilines is 1. The standard InChI is InChI=1S/C14H13BrFNOS/c1-18-13-4-2-9(6-11(13)15)8-19-14-5-3-10(16)7-12(14)17/h2-7H,8,17H2,1H3. The van der Waals surface area contributed by atoms with Gasteiger partial charge >= 0.3 is 0 Å². The summed E-state index contributed by atoms with van der Waals surface area (Å²) in [5, 5.41) is 0. The maximum atomic E-state index is 12.9. The molecule has 0 saturated carbocycles. The normalized spacial score (nSPS) is 10.5. The molecule has 0 aliphatic rings. The average molecular weight is 342 g/mol. The van der Waals surface area contributed by atoms with Gasteiger partial charge in [-0.2, -0.15) is 0 Å². The van der Waals surface area contributed by atoms with Gasteiger partial charge in [0.15, 0.2) is 0 Å². The quantitative estimate of drug-likeness (QED) is 0.658. The fraction of sp³-hybridized carbons (Fsp3) is 0.143. The lowest BCUT2D eigenvalue weighted by Crippen LogP contribution is -1.91. The highest BCUT2D eigenvalue weighted by molar-refractivity contribution is 9.10. The number of halogens is 2. The fourth-order valence-electron chi connectivity index (χ4n) is 1.61. The molecular formula is C14H13BrFNOS. The van der Waals surface area contributed by atoms with E-state index in [0.717, 1.165) is 26.4 Å². The summed E-state index contributed by atoms with van der Waals surface area (Å²) in [4.78, 5) is 0.883. The summed E-state index contributed by atoms with van der Waals surface area (Å²) < 4.78 is 19.0. The third kappa shape index (κ3) is 3.64. The molecule has 0 amide bonds. The predicted octanol–water partition coefficient (Wildman–Crippen LogP) is 4.47. The minimum Gasteiger partial charge on any atom is -0.496 e. The molecular weight excluding hydrogens is 329 g/mol. The van der Waals surface area contributed by atoms with Gasteiger partial charge in [-0.25, -0.2) is 4.39 Å². The molecule has 5 heteroatoms.